The van der Waals surface area contributed by atoms with Gasteiger partial charge in [0.15, 0.2) is 0 Å². The van der Waals surface area contributed by atoms with Gasteiger partial charge in [-0.15, -0.1) is 0 Å². The van der Waals surface area contributed by atoms with Gasteiger partial charge in [-0.25, -0.2) is 9.97 Å². The van der Waals surface area contributed by atoms with Crippen LogP contribution in [0.3, 0.4) is 0 Å². The van der Waals surface area contributed by atoms with Crippen molar-refractivity contribution >= 4 is 75.9 Å². The second-order valence-electron chi connectivity index (χ2n) is 15.5. The van der Waals surface area contributed by atoms with Crippen LogP contribution in [0.15, 0.2) is 182 Å². The topological polar surface area (TPSA) is 57.4 Å². The van der Waals surface area contributed by atoms with Crippen LogP contribution in [0, 0.1) is 0 Å². The van der Waals surface area contributed by atoms with Crippen LogP contribution in [0.1, 0.15) is 0 Å². The van der Waals surface area contributed by atoms with Gasteiger partial charge >= 0.3 is 0 Å². The van der Waals surface area contributed by atoms with Crippen molar-refractivity contribution in [2.24, 2.45) is 0 Å². The van der Waals surface area contributed by atoms with Gasteiger partial charge in [0.05, 0.1) is 28.3 Å². The van der Waals surface area contributed by atoms with Crippen molar-refractivity contribution in [2.75, 3.05) is 0 Å². The number of aromatic amines is 2. The third kappa shape index (κ3) is 4.51. The Morgan fingerprint density at radius 3 is 1.48 bits per heavy atom. The van der Waals surface area contributed by atoms with E-state index in [1.807, 2.05) is 0 Å². The summed E-state index contributed by atoms with van der Waals surface area (Å²) >= 11 is 0. The smallest absolute Gasteiger partial charge is 0.0816 e. The highest BCUT2D eigenvalue weighted by atomic mass is 14.8. The fraction of sp³-hybridized carbons (Fsp3) is 0. The Morgan fingerprint density at radius 1 is 0.293 bits per heavy atom. The molecule has 0 unspecified atom stereocenters. The summed E-state index contributed by atoms with van der Waals surface area (Å²) in [6.07, 6.45) is 0. The second kappa shape index (κ2) is 11.8. The molecule has 2 N–H and O–H groups in total. The molecular weight excluding hydrogens is 705 g/mol. The molecule has 0 amide bonds. The number of aromatic nitrogens is 4. The first-order valence-corrected chi connectivity index (χ1v) is 19.8. The van der Waals surface area contributed by atoms with Crippen LogP contribution >= 0.6 is 0 Å². The van der Waals surface area contributed by atoms with E-state index in [4.69, 9.17) is 9.97 Å². The lowest BCUT2D eigenvalue weighted by Gasteiger charge is -2.13. The number of hydrogen-bond acceptors (Lipinski definition) is 2. The van der Waals surface area contributed by atoms with Crippen molar-refractivity contribution < 1.29 is 0 Å². The van der Waals surface area contributed by atoms with Gasteiger partial charge < -0.3 is 9.97 Å². The Balaban J connectivity index is 1.25. The van der Waals surface area contributed by atoms with Crippen LogP contribution in [-0.4, -0.2) is 19.9 Å². The highest BCUT2D eigenvalue weighted by Gasteiger charge is 2.24. The molecule has 8 bridgehead atoms. The maximum atomic E-state index is 5.66. The van der Waals surface area contributed by atoms with Gasteiger partial charge in [0.25, 0.3) is 0 Å². The Morgan fingerprint density at radius 2 is 0.793 bits per heavy atom. The molecule has 0 fully saturated rings. The van der Waals surface area contributed by atoms with E-state index < -0.39 is 0 Å². The SMILES string of the molecule is c1ccc2c(c1)-c1cc3[nH]c(cc4nc(c(-c5cccc6c5ccc5cc7ccccc7cc56)c5[nH]c(cc-2n1)c1ccccc51)-c1ccccc1-4)c1ccccc31. The minimum absolute atomic E-state index is 0.924. The quantitative estimate of drug-likeness (QED) is 0.130. The van der Waals surface area contributed by atoms with Gasteiger partial charge in [-0.3, -0.25) is 0 Å². The molecule has 0 aliphatic carbocycles. The Kier molecular flexibility index (Phi) is 6.41. The van der Waals surface area contributed by atoms with Crippen LogP contribution in [0.5, 0.6) is 0 Å². The summed E-state index contributed by atoms with van der Waals surface area (Å²) in [4.78, 5) is 18.8. The number of nitrogens with zero attached hydrogens (tertiary/aromatic N) is 2. The summed E-state index contributed by atoms with van der Waals surface area (Å²) < 4.78 is 0. The van der Waals surface area contributed by atoms with Crippen molar-refractivity contribution in [2.45, 2.75) is 0 Å². The molecule has 58 heavy (non-hydrogen) atoms. The van der Waals surface area contributed by atoms with E-state index >= 15 is 0 Å². The van der Waals surface area contributed by atoms with E-state index in [-0.39, 0.29) is 0 Å². The molecule has 0 saturated heterocycles. The van der Waals surface area contributed by atoms with E-state index in [0.29, 0.717) is 0 Å². The maximum absolute atomic E-state index is 5.66. The van der Waals surface area contributed by atoms with E-state index in [2.05, 4.69) is 192 Å². The van der Waals surface area contributed by atoms with Crippen molar-refractivity contribution in [1.82, 2.24) is 19.9 Å². The summed E-state index contributed by atoms with van der Waals surface area (Å²) in [7, 11) is 0. The van der Waals surface area contributed by atoms with Crippen molar-refractivity contribution in [3.8, 4) is 56.2 Å². The molecular formula is C54H32N4. The third-order valence-electron chi connectivity index (χ3n) is 12.3. The lowest BCUT2D eigenvalue weighted by Crippen LogP contribution is -1.89. The fourth-order valence-electron chi connectivity index (χ4n) is 9.62. The average Bonchev–Trinajstić information content (AvgIpc) is 4.02. The van der Waals surface area contributed by atoms with E-state index in [9.17, 15) is 0 Å². The number of hydrogen-bond donors (Lipinski definition) is 2. The van der Waals surface area contributed by atoms with Crippen LogP contribution in [0.2, 0.25) is 0 Å². The molecule has 0 spiro atoms. The van der Waals surface area contributed by atoms with E-state index in [1.54, 1.807) is 0 Å². The summed E-state index contributed by atoms with van der Waals surface area (Å²) in [5, 5.41) is 11.9. The average molecular weight is 737 g/mol. The first kappa shape index (κ1) is 31.4. The Hall–Kier alpha value is -7.82. The predicted molar refractivity (Wildman–Crippen MR) is 243 cm³/mol. The molecule has 13 rings (SSSR count). The van der Waals surface area contributed by atoms with Gasteiger partial charge in [0, 0.05) is 65.9 Å². The zero-order valence-electron chi connectivity index (χ0n) is 31.2. The lowest BCUT2D eigenvalue weighted by molar-refractivity contribution is 1.40. The van der Waals surface area contributed by atoms with Crippen LogP contribution in [-0.2, 0) is 0 Å². The fourth-order valence-corrected chi connectivity index (χ4v) is 9.62. The summed E-state index contributed by atoms with van der Waals surface area (Å²) in [5.74, 6) is 0. The molecule has 5 heterocycles. The Labute approximate surface area is 332 Å². The van der Waals surface area contributed by atoms with Crippen LogP contribution in [0.4, 0.5) is 0 Å². The molecule has 2 aliphatic rings. The third-order valence-corrected chi connectivity index (χ3v) is 12.3. The first-order chi connectivity index (χ1) is 28.7. The normalized spacial score (nSPS) is 12.1. The molecule has 4 nitrogen and oxygen atoms in total. The number of benzene rings is 8. The molecule has 8 aromatic carbocycles. The van der Waals surface area contributed by atoms with E-state index in [1.165, 1.54) is 32.3 Å². The second-order valence-corrected chi connectivity index (χ2v) is 15.5. The van der Waals surface area contributed by atoms with Gasteiger partial charge in [0.1, 0.15) is 0 Å². The minimum atomic E-state index is 0.924. The van der Waals surface area contributed by atoms with Crippen LogP contribution in [0.25, 0.3) is 132 Å². The molecule has 0 atom stereocenters. The number of H-pyrrole nitrogens is 2. The van der Waals surface area contributed by atoms with Gasteiger partial charge in [-0.05, 0) is 68.2 Å². The Bertz CT molecular complexity index is 3750. The molecule has 0 radical (unpaired) electrons. The van der Waals surface area contributed by atoms with Gasteiger partial charge in [0.2, 0.25) is 0 Å². The summed E-state index contributed by atoms with van der Waals surface area (Å²) in [6, 6.07) is 65.8. The monoisotopic (exact) mass is 736 g/mol. The zero-order valence-corrected chi connectivity index (χ0v) is 31.2. The van der Waals surface area contributed by atoms with Crippen molar-refractivity contribution in [3.05, 3.63) is 182 Å². The largest absolute Gasteiger partial charge is 0.354 e. The van der Waals surface area contributed by atoms with Gasteiger partial charge in [-0.1, -0.05) is 152 Å². The predicted octanol–water partition coefficient (Wildman–Crippen LogP) is 14.4. The molecule has 0 saturated carbocycles. The molecule has 3 aromatic heterocycles. The molecule has 11 aromatic rings. The van der Waals surface area contributed by atoms with Crippen molar-refractivity contribution in [1.29, 1.82) is 0 Å². The summed E-state index contributed by atoms with van der Waals surface area (Å²) in [5.41, 5.74) is 14.5. The number of nitrogens with one attached hydrogen (secondary N) is 2. The minimum Gasteiger partial charge on any atom is -0.354 e. The number of rotatable bonds is 1. The highest BCUT2D eigenvalue weighted by molar-refractivity contribution is 6.21. The molecule has 2 aliphatic heterocycles. The van der Waals surface area contributed by atoms with E-state index in [0.717, 1.165) is 99.8 Å². The standard InChI is InChI=1S/C54H32N4/c1-2-13-32-27-45-33(26-31(32)12-1)24-25-35-34(45)22-11-23-42(35)52-53-43-20-9-7-18-40(43)50(57-53)29-48-38-16-5-3-14-36(38)46(55-48)28-47-37-15-4-6-17-39(37)49(56-47)30-51-41-19-8-10-21-44(41)54(52)58-51/h1-30,55,58H. The molecule has 4 heteroatoms. The molecule has 268 valence electrons. The highest BCUT2D eigenvalue weighted by Crippen LogP contribution is 2.47. The maximum Gasteiger partial charge on any atom is 0.0816 e. The van der Waals surface area contributed by atoms with Crippen LogP contribution < -0.4 is 0 Å². The number of fused-ring (bicyclic) bond motifs is 24. The first-order valence-electron chi connectivity index (χ1n) is 19.8. The lowest BCUT2D eigenvalue weighted by atomic mass is 9.90. The zero-order chi connectivity index (χ0) is 37.9. The summed E-state index contributed by atoms with van der Waals surface area (Å²) in [6.45, 7) is 0. The van der Waals surface area contributed by atoms with Gasteiger partial charge in [-0.2, -0.15) is 0 Å². The van der Waals surface area contributed by atoms with Crippen molar-refractivity contribution in [3.63, 3.8) is 0 Å².